The number of carbonyl (C=O) groups excluding carboxylic acids is 2. The molecule has 0 heterocycles. The van der Waals surface area contributed by atoms with E-state index in [9.17, 15) is 18.0 Å². The molecule has 2 amide bonds. The fourth-order valence-corrected chi connectivity index (χ4v) is 6.15. The standard InChI is InChI=1S/C33H43N3O6S/c1-8-9-16-34-33(38)26(5)35(21-27-12-10-23(2)11-13-27)32(37)22-36(28-18-24(3)17-25(4)19-28)43(39,40)29-14-15-30(41-6)31(20-29)42-7/h10-15,17-20,26H,8-9,16,21-22H2,1-7H3,(H,34,38)/t26-/m1/s1. The van der Waals surface area contributed by atoms with Crippen LogP contribution in [0.3, 0.4) is 0 Å². The van der Waals surface area contributed by atoms with Crippen molar-refractivity contribution in [3.63, 3.8) is 0 Å². The third-order valence-electron chi connectivity index (χ3n) is 7.19. The number of benzene rings is 3. The quantitative estimate of drug-likeness (QED) is 0.253. The van der Waals surface area contributed by atoms with E-state index in [2.05, 4.69) is 5.32 Å². The van der Waals surface area contributed by atoms with Gasteiger partial charge >= 0.3 is 0 Å². The van der Waals surface area contributed by atoms with E-state index in [1.54, 1.807) is 19.1 Å². The van der Waals surface area contributed by atoms with Crippen LogP contribution in [0, 0.1) is 20.8 Å². The Morgan fingerprint density at radius 3 is 2.07 bits per heavy atom. The Bertz CT molecular complexity index is 1500. The molecule has 0 spiro atoms. The number of sulfonamides is 1. The summed E-state index contributed by atoms with van der Waals surface area (Å²) in [5.41, 5.74) is 3.92. The highest BCUT2D eigenvalue weighted by Gasteiger charge is 2.33. The predicted molar refractivity (Wildman–Crippen MR) is 169 cm³/mol. The molecule has 1 N–H and O–H groups in total. The van der Waals surface area contributed by atoms with Crippen LogP contribution >= 0.6 is 0 Å². The Morgan fingerprint density at radius 1 is 0.860 bits per heavy atom. The fourth-order valence-electron chi connectivity index (χ4n) is 4.74. The van der Waals surface area contributed by atoms with E-state index >= 15 is 0 Å². The van der Waals surface area contributed by atoms with Crippen molar-refractivity contribution in [3.8, 4) is 11.5 Å². The summed E-state index contributed by atoms with van der Waals surface area (Å²) in [6.45, 7) is 9.51. The number of nitrogens with one attached hydrogen (secondary N) is 1. The average molecular weight is 610 g/mol. The molecular formula is C33H43N3O6S. The maximum Gasteiger partial charge on any atom is 0.264 e. The molecule has 0 saturated carbocycles. The number of amides is 2. The summed E-state index contributed by atoms with van der Waals surface area (Å²) in [4.78, 5) is 28.7. The zero-order valence-electron chi connectivity index (χ0n) is 26.1. The van der Waals surface area contributed by atoms with Gasteiger partial charge in [0.25, 0.3) is 10.0 Å². The van der Waals surface area contributed by atoms with Crippen LogP contribution in [0.1, 0.15) is 48.9 Å². The van der Waals surface area contributed by atoms with Crippen LogP contribution in [0.4, 0.5) is 5.69 Å². The summed E-state index contributed by atoms with van der Waals surface area (Å²) in [6.07, 6.45) is 1.73. The van der Waals surface area contributed by atoms with Crippen LogP contribution in [0.15, 0.2) is 65.6 Å². The second-order valence-corrected chi connectivity index (χ2v) is 12.6. The number of nitrogens with zero attached hydrogens (tertiary/aromatic N) is 2. The fraction of sp³-hybridized carbons (Fsp3) is 0.394. The first-order valence-electron chi connectivity index (χ1n) is 14.4. The van der Waals surface area contributed by atoms with Crippen LogP contribution in [0.2, 0.25) is 0 Å². The van der Waals surface area contributed by atoms with Gasteiger partial charge in [-0.15, -0.1) is 0 Å². The largest absolute Gasteiger partial charge is 0.493 e. The Balaban J connectivity index is 2.08. The molecule has 0 radical (unpaired) electrons. The minimum absolute atomic E-state index is 0.0625. The van der Waals surface area contributed by atoms with Crippen LogP contribution < -0.4 is 19.1 Å². The first-order valence-corrected chi connectivity index (χ1v) is 15.8. The van der Waals surface area contributed by atoms with Crippen molar-refractivity contribution in [1.29, 1.82) is 0 Å². The zero-order valence-corrected chi connectivity index (χ0v) is 27.0. The van der Waals surface area contributed by atoms with Crippen molar-refractivity contribution in [2.75, 3.05) is 31.6 Å². The van der Waals surface area contributed by atoms with Crippen LogP contribution in [0.25, 0.3) is 0 Å². The monoisotopic (exact) mass is 609 g/mol. The molecule has 0 aliphatic rings. The zero-order chi connectivity index (χ0) is 31.7. The third kappa shape index (κ3) is 8.50. The van der Waals surface area contributed by atoms with Gasteiger partial charge in [0, 0.05) is 19.2 Å². The number of methoxy groups -OCH3 is 2. The lowest BCUT2D eigenvalue weighted by Gasteiger charge is -2.32. The van der Waals surface area contributed by atoms with Crippen molar-refractivity contribution in [3.05, 3.63) is 82.9 Å². The average Bonchev–Trinajstić information content (AvgIpc) is 2.98. The first-order chi connectivity index (χ1) is 20.4. The van der Waals surface area contributed by atoms with E-state index in [0.717, 1.165) is 39.4 Å². The molecule has 0 aliphatic carbocycles. The van der Waals surface area contributed by atoms with E-state index in [1.807, 2.05) is 58.0 Å². The summed E-state index contributed by atoms with van der Waals surface area (Å²) >= 11 is 0. The molecule has 10 heteroatoms. The van der Waals surface area contributed by atoms with Gasteiger partial charge in [0.2, 0.25) is 11.8 Å². The van der Waals surface area contributed by atoms with Gasteiger partial charge in [-0.3, -0.25) is 13.9 Å². The van der Waals surface area contributed by atoms with Gasteiger partial charge in [0.15, 0.2) is 11.5 Å². The van der Waals surface area contributed by atoms with Crippen LogP contribution in [-0.4, -0.2) is 58.5 Å². The lowest BCUT2D eigenvalue weighted by atomic mass is 10.1. The molecule has 0 saturated heterocycles. The molecule has 1 atom stereocenters. The second-order valence-electron chi connectivity index (χ2n) is 10.7. The summed E-state index contributed by atoms with van der Waals surface area (Å²) in [5.74, 6) is -0.187. The number of aryl methyl sites for hydroxylation is 3. The van der Waals surface area contributed by atoms with Crippen molar-refractivity contribution in [2.45, 2.75) is 64.9 Å². The van der Waals surface area contributed by atoms with E-state index in [-0.39, 0.29) is 23.1 Å². The van der Waals surface area contributed by atoms with Gasteiger partial charge in [0.1, 0.15) is 12.6 Å². The number of carbonyl (C=O) groups is 2. The molecule has 0 bridgehead atoms. The lowest BCUT2D eigenvalue weighted by molar-refractivity contribution is -0.139. The van der Waals surface area contributed by atoms with Gasteiger partial charge < -0.3 is 19.7 Å². The van der Waals surface area contributed by atoms with Gasteiger partial charge in [-0.1, -0.05) is 49.2 Å². The Morgan fingerprint density at radius 2 is 1.49 bits per heavy atom. The molecule has 0 unspecified atom stereocenters. The van der Waals surface area contributed by atoms with E-state index < -0.39 is 28.5 Å². The summed E-state index contributed by atoms with van der Waals surface area (Å²) < 4.78 is 40.2. The molecule has 43 heavy (non-hydrogen) atoms. The number of rotatable bonds is 14. The SMILES string of the molecule is CCCCNC(=O)[C@@H](C)N(Cc1ccc(C)cc1)C(=O)CN(c1cc(C)cc(C)c1)S(=O)(=O)c1ccc(OC)c(OC)c1. The lowest BCUT2D eigenvalue weighted by Crippen LogP contribution is -2.51. The minimum Gasteiger partial charge on any atom is -0.493 e. The molecule has 0 fully saturated rings. The first kappa shape index (κ1) is 33.5. The minimum atomic E-state index is -4.27. The molecule has 9 nitrogen and oxygen atoms in total. The molecule has 3 aromatic carbocycles. The normalized spacial score (nSPS) is 11.9. The molecular weight excluding hydrogens is 566 g/mol. The molecule has 3 rings (SSSR count). The van der Waals surface area contributed by atoms with E-state index in [1.165, 1.54) is 37.3 Å². The number of hydrogen-bond donors (Lipinski definition) is 1. The Kier molecular flexibility index (Phi) is 11.6. The highest BCUT2D eigenvalue weighted by atomic mass is 32.2. The number of ether oxygens (including phenoxy) is 2. The molecule has 0 aromatic heterocycles. The van der Waals surface area contributed by atoms with Gasteiger partial charge in [-0.25, -0.2) is 8.42 Å². The summed E-state index contributed by atoms with van der Waals surface area (Å²) in [7, 11) is -1.37. The maximum atomic E-state index is 14.2. The van der Waals surface area contributed by atoms with Gasteiger partial charge in [0.05, 0.1) is 24.8 Å². The Labute approximate surface area is 255 Å². The third-order valence-corrected chi connectivity index (χ3v) is 8.96. The number of anilines is 1. The van der Waals surface area contributed by atoms with Crippen LogP contribution in [-0.2, 0) is 26.2 Å². The Hall–Kier alpha value is -4.05. The molecule has 3 aromatic rings. The summed E-state index contributed by atoms with van der Waals surface area (Å²) in [5, 5.41) is 2.90. The van der Waals surface area contributed by atoms with Crippen molar-refractivity contribution in [1.82, 2.24) is 10.2 Å². The molecule has 0 aliphatic heterocycles. The van der Waals surface area contributed by atoms with Crippen molar-refractivity contribution < 1.29 is 27.5 Å². The van der Waals surface area contributed by atoms with Gasteiger partial charge in [-0.2, -0.15) is 0 Å². The predicted octanol–water partition coefficient (Wildman–Crippen LogP) is 5.16. The smallest absolute Gasteiger partial charge is 0.264 e. The second kappa shape index (κ2) is 14.9. The number of hydrogen-bond acceptors (Lipinski definition) is 6. The summed E-state index contributed by atoms with van der Waals surface area (Å²) in [6, 6.07) is 16.5. The van der Waals surface area contributed by atoms with E-state index in [4.69, 9.17) is 9.47 Å². The van der Waals surface area contributed by atoms with E-state index in [0.29, 0.717) is 18.0 Å². The highest BCUT2D eigenvalue weighted by molar-refractivity contribution is 7.92. The topological polar surface area (TPSA) is 105 Å². The van der Waals surface area contributed by atoms with Crippen molar-refractivity contribution >= 4 is 27.5 Å². The van der Waals surface area contributed by atoms with Crippen molar-refractivity contribution in [2.24, 2.45) is 0 Å². The van der Waals surface area contributed by atoms with Gasteiger partial charge in [-0.05, 0) is 75.1 Å². The maximum absolute atomic E-state index is 14.2. The number of unbranched alkanes of at least 4 members (excludes halogenated alkanes) is 1. The highest BCUT2D eigenvalue weighted by Crippen LogP contribution is 2.33. The van der Waals surface area contributed by atoms with Crippen LogP contribution in [0.5, 0.6) is 11.5 Å². The molecule has 232 valence electrons.